The molecular weight excluding hydrogens is 352 g/mol. The molecule has 6 nitrogen and oxygen atoms in total. The Bertz CT molecular complexity index is 841. The zero-order valence-electron chi connectivity index (χ0n) is 17.0. The van der Waals surface area contributed by atoms with E-state index in [-0.39, 0.29) is 11.8 Å². The summed E-state index contributed by atoms with van der Waals surface area (Å²) in [7, 11) is 4.11. The van der Waals surface area contributed by atoms with Gasteiger partial charge in [0.05, 0.1) is 0 Å². The third kappa shape index (κ3) is 4.18. The van der Waals surface area contributed by atoms with E-state index < -0.39 is 0 Å². The number of unbranched alkanes of at least 4 members (excludes halogenated alkanes) is 1. The summed E-state index contributed by atoms with van der Waals surface area (Å²) in [6, 6.07) is 9.50. The number of anilines is 1. The molecule has 0 saturated heterocycles. The molecule has 0 saturated carbocycles. The first-order valence-corrected chi connectivity index (χ1v) is 10.1. The van der Waals surface area contributed by atoms with Crippen molar-refractivity contribution in [3.05, 3.63) is 41.5 Å². The summed E-state index contributed by atoms with van der Waals surface area (Å²) >= 11 is 0. The largest absolute Gasteiger partial charge is 0.383 e. The van der Waals surface area contributed by atoms with E-state index in [0.29, 0.717) is 17.7 Å². The molecule has 6 heteroatoms. The zero-order valence-corrected chi connectivity index (χ0v) is 17.0. The van der Waals surface area contributed by atoms with Crippen LogP contribution in [0.4, 0.5) is 5.69 Å². The van der Waals surface area contributed by atoms with E-state index in [1.54, 1.807) is 0 Å². The van der Waals surface area contributed by atoms with Gasteiger partial charge < -0.3 is 15.5 Å². The second kappa shape index (κ2) is 9.17. The highest BCUT2D eigenvalue weighted by atomic mass is 16.2. The second-order valence-corrected chi connectivity index (χ2v) is 7.48. The highest BCUT2D eigenvalue weighted by Crippen LogP contribution is 2.34. The number of amides is 2. The van der Waals surface area contributed by atoms with Crippen molar-refractivity contribution in [1.82, 2.24) is 15.1 Å². The zero-order chi connectivity index (χ0) is 20.1. The number of benzene rings is 2. The number of nitrogens with one attached hydrogen (secondary N) is 2. The molecule has 2 aromatic rings. The average Bonchev–Trinajstić information content (AvgIpc) is 2.69. The van der Waals surface area contributed by atoms with Crippen LogP contribution in [0.1, 0.15) is 40.5 Å². The average molecular weight is 383 g/mol. The molecule has 0 unspecified atom stereocenters. The normalized spacial score (nSPS) is 13.6. The van der Waals surface area contributed by atoms with Crippen LogP contribution in [0, 0.1) is 0 Å². The Balaban J connectivity index is 1.79. The molecule has 0 bridgehead atoms. The number of hydrogen-bond acceptors (Lipinski definition) is 5. The lowest BCUT2D eigenvalue weighted by Crippen LogP contribution is -2.40. The molecule has 0 fully saturated rings. The van der Waals surface area contributed by atoms with Crippen LogP contribution in [-0.4, -0.2) is 68.4 Å². The molecule has 0 spiro atoms. The van der Waals surface area contributed by atoms with Crippen LogP contribution >= 0.6 is 0 Å². The predicted molar refractivity (Wildman–Crippen MR) is 114 cm³/mol. The van der Waals surface area contributed by atoms with Gasteiger partial charge in [-0.25, -0.2) is 0 Å². The van der Waals surface area contributed by atoms with Crippen molar-refractivity contribution >= 4 is 28.3 Å². The van der Waals surface area contributed by atoms with Crippen molar-refractivity contribution in [3.63, 3.8) is 0 Å². The van der Waals surface area contributed by atoms with Gasteiger partial charge in [0.1, 0.15) is 0 Å². The van der Waals surface area contributed by atoms with Gasteiger partial charge in [0.25, 0.3) is 11.8 Å². The fraction of sp³-hybridized carbons (Fsp3) is 0.455. The summed E-state index contributed by atoms with van der Waals surface area (Å²) in [4.78, 5) is 29.3. The summed E-state index contributed by atoms with van der Waals surface area (Å²) in [6.07, 6.45) is 1.77. The summed E-state index contributed by atoms with van der Waals surface area (Å²) in [6.45, 7) is 6.09. The van der Waals surface area contributed by atoms with Gasteiger partial charge in [0.2, 0.25) is 0 Å². The maximum Gasteiger partial charge on any atom is 0.261 e. The van der Waals surface area contributed by atoms with Crippen LogP contribution in [0.5, 0.6) is 0 Å². The van der Waals surface area contributed by atoms with Gasteiger partial charge >= 0.3 is 0 Å². The molecule has 0 radical (unpaired) electrons. The Morgan fingerprint density at radius 2 is 1.71 bits per heavy atom. The molecule has 0 atom stereocenters. The lowest BCUT2D eigenvalue weighted by molar-refractivity contribution is 0.0608. The van der Waals surface area contributed by atoms with Crippen molar-refractivity contribution in [2.24, 2.45) is 0 Å². The van der Waals surface area contributed by atoms with Crippen LogP contribution in [0.15, 0.2) is 30.3 Å². The van der Waals surface area contributed by atoms with Gasteiger partial charge in [-0.3, -0.25) is 14.5 Å². The highest BCUT2D eigenvalue weighted by Gasteiger charge is 2.32. The molecule has 2 amide bonds. The molecule has 2 N–H and O–H groups in total. The Hall–Kier alpha value is -2.44. The van der Waals surface area contributed by atoms with E-state index in [9.17, 15) is 9.59 Å². The summed E-state index contributed by atoms with van der Waals surface area (Å²) in [5.74, 6) is -0.363. The number of likely N-dealkylation sites (N-methyl/N-ethyl adjacent to an activating group) is 1. The van der Waals surface area contributed by atoms with Gasteiger partial charge in [-0.05, 0) is 38.7 Å². The molecule has 2 aromatic carbocycles. The molecule has 1 aliphatic heterocycles. The first-order valence-electron chi connectivity index (χ1n) is 10.1. The van der Waals surface area contributed by atoms with Gasteiger partial charge in [-0.15, -0.1) is 0 Å². The van der Waals surface area contributed by atoms with Crippen LogP contribution < -0.4 is 10.6 Å². The molecule has 1 heterocycles. The van der Waals surface area contributed by atoms with E-state index in [1.165, 1.54) is 4.90 Å². The number of carbonyl (C=O) groups excluding carboxylic acids is 2. The lowest BCUT2D eigenvalue weighted by atomic mass is 9.93. The minimum absolute atomic E-state index is 0.181. The number of nitrogens with zero attached hydrogens (tertiary/aromatic N) is 2. The van der Waals surface area contributed by atoms with Crippen LogP contribution in [0.2, 0.25) is 0 Å². The lowest BCUT2D eigenvalue weighted by Gasteiger charge is -2.27. The molecule has 3 rings (SSSR count). The quantitative estimate of drug-likeness (QED) is 0.489. The Kier molecular flexibility index (Phi) is 6.65. The number of hydrogen-bond donors (Lipinski definition) is 2. The Labute approximate surface area is 166 Å². The first kappa shape index (κ1) is 20.3. The van der Waals surface area contributed by atoms with Crippen molar-refractivity contribution in [2.45, 2.75) is 19.8 Å². The Morgan fingerprint density at radius 3 is 2.43 bits per heavy atom. The van der Waals surface area contributed by atoms with Crippen molar-refractivity contribution in [1.29, 1.82) is 0 Å². The predicted octanol–water partition coefficient (Wildman–Crippen LogP) is 2.80. The van der Waals surface area contributed by atoms with Gasteiger partial charge in [-0.1, -0.05) is 25.5 Å². The third-order valence-corrected chi connectivity index (χ3v) is 5.08. The fourth-order valence-electron chi connectivity index (χ4n) is 3.53. The maximum absolute atomic E-state index is 12.9. The van der Waals surface area contributed by atoms with E-state index in [1.807, 2.05) is 30.3 Å². The summed E-state index contributed by atoms with van der Waals surface area (Å²) in [5, 5.41) is 8.55. The van der Waals surface area contributed by atoms with Gasteiger partial charge in [0.15, 0.2) is 0 Å². The molecule has 28 heavy (non-hydrogen) atoms. The van der Waals surface area contributed by atoms with Crippen LogP contribution in [0.3, 0.4) is 0 Å². The fourth-order valence-corrected chi connectivity index (χ4v) is 3.53. The number of rotatable bonds is 10. The molecule has 0 aliphatic carbocycles. The first-order chi connectivity index (χ1) is 13.5. The van der Waals surface area contributed by atoms with E-state index in [2.05, 4.69) is 36.6 Å². The monoisotopic (exact) mass is 382 g/mol. The Morgan fingerprint density at radius 1 is 0.964 bits per heavy atom. The van der Waals surface area contributed by atoms with Gasteiger partial charge in [-0.2, -0.15) is 0 Å². The van der Waals surface area contributed by atoms with Crippen molar-refractivity contribution < 1.29 is 9.59 Å². The molecule has 150 valence electrons. The van der Waals surface area contributed by atoms with Crippen LogP contribution in [-0.2, 0) is 0 Å². The standard InChI is InChI=1S/C22H30N4O2/c1-4-5-14-26-21(27)17-8-6-7-16-19(10-9-18(20(16)17)22(26)28)24-12-11-23-13-15-25(2)3/h6-10,23-24H,4-5,11-15H2,1-3H3. The maximum atomic E-state index is 12.9. The van der Waals surface area contributed by atoms with E-state index >= 15 is 0 Å². The highest BCUT2D eigenvalue weighted by molar-refractivity contribution is 6.26. The van der Waals surface area contributed by atoms with Crippen molar-refractivity contribution in [3.8, 4) is 0 Å². The van der Waals surface area contributed by atoms with E-state index in [0.717, 1.165) is 55.5 Å². The third-order valence-electron chi connectivity index (χ3n) is 5.08. The SMILES string of the molecule is CCCCN1C(=O)c2cccc3c(NCCNCCN(C)C)ccc(c23)C1=O. The molecule has 1 aliphatic rings. The minimum atomic E-state index is -0.181. The second-order valence-electron chi connectivity index (χ2n) is 7.48. The van der Waals surface area contributed by atoms with Gasteiger partial charge in [0, 0.05) is 60.3 Å². The smallest absolute Gasteiger partial charge is 0.261 e. The van der Waals surface area contributed by atoms with Crippen molar-refractivity contribution in [2.75, 3.05) is 52.1 Å². The summed E-state index contributed by atoms with van der Waals surface area (Å²) in [5.41, 5.74) is 2.20. The topological polar surface area (TPSA) is 64.7 Å². The molecular formula is C22H30N4O2. The number of carbonyl (C=O) groups is 2. The minimum Gasteiger partial charge on any atom is -0.383 e. The van der Waals surface area contributed by atoms with Crippen LogP contribution in [0.25, 0.3) is 10.8 Å². The summed E-state index contributed by atoms with van der Waals surface area (Å²) < 4.78 is 0. The molecule has 0 aromatic heterocycles. The van der Waals surface area contributed by atoms with E-state index in [4.69, 9.17) is 0 Å². The number of imide groups is 1.